The molecule has 0 saturated carbocycles. The van der Waals surface area contributed by atoms with E-state index < -0.39 is 0 Å². The lowest BCUT2D eigenvalue weighted by atomic mass is 10.1. The zero-order valence-corrected chi connectivity index (χ0v) is 11.8. The summed E-state index contributed by atoms with van der Waals surface area (Å²) in [4.78, 5) is 0. The number of nitrogen functional groups attached to an aromatic ring is 1. The van der Waals surface area contributed by atoms with Gasteiger partial charge in [0, 0.05) is 16.3 Å². The Morgan fingerprint density at radius 1 is 1.16 bits per heavy atom. The predicted octanol–water partition coefficient (Wildman–Crippen LogP) is 4.41. The van der Waals surface area contributed by atoms with Crippen LogP contribution in [0.1, 0.15) is 12.5 Å². The molecule has 2 aromatic rings. The second-order valence-electron chi connectivity index (χ2n) is 4.02. The van der Waals surface area contributed by atoms with Gasteiger partial charge in [-0.25, -0.2) is 0 Å². The van der Waals surface area contributed by atoms with Crippen LogP contribution in [0.15, 0.2) is 47.6 Å². The third kappa shape index (κ3) is 3.40. The van der Waals surface area contributed by atoms with Gasteiger partial charge in [0.2, 0.25) is 0 Å². The summed E-state index contributed by atoms with van der Waals surface area (Å²) < 4.78 is 0. The molecule has 0 atom stereocenters. The minimum absolute atomic E-state index is 0.609. The van der Waals surface area contributed by atoms with Gasteiger partial charge in [0.05, 0.1) is 16.4 Å². The van der Waals surface area contributed by atoms with Crippen LogP contribution in [0, 0.1) is 0 Å². The van der Waals surface area contributed by atoms with Crippen molar-refractivity contribution < 1.29 is 0 Å². The van der Waals surface area contributed by atoms with Crippen molar-refractivity contribution in [2.24, 2.45) is 5.10 Å². The predicted molar refractivity (Wildman–Crippen MR) is 83.2 cm³/mol. The lowest BCUT2D eigenvalue weighted by Crippen LogP contribution is -2.04. The summed E-state index contributed by atoms with van der Waals surface area (Å²) in [7, 11) is 0. The average Bonchev–Trinajstić information content (AvgIpc) is 2.40. The monoisotopic (exact) mass is 293 g/mol. The van der Waals surface area contributed by atoms with Crippen LogP contribution in [-0.4, -0.2) is 5.71 Å². The van der Waals surface area contributed by atoms with Crippen LogP contribution in [0.5, 0.6) is 0 Å². The fourth-order valence-corrected chi connectivity index (χ4v) is 1.95. The first-order valence-corrected chi connectivity index (χ1v) is 6.44. The van der Waals surface area contributed by atoms with Gasteiger partial charge >= 0.3 is 0 Å². The van der Waals surface area contributed by atoms with Crippen molar-refractivity contribution in [3.05, 3.63) is 58.1 Å². The molecule has 0 fully saturated rings. The number of rotatable bonds is 3. The average molecular weight is 294 g/mol. The van der Waals surface area contributed by atoms with Crippen molar-refractivity contribution in [2.45, 2.75) is 6.92 Å². The van der Waals surface area contributed by atoms with E-state index in [1.165, 1.54) is 0 Å². The van der Waals surface area contributed by atoms with E-state index in [9.17, 15) is 0 Å². The molecule has 19 heavy (non-hydrogen) atoms. The van der Waals surface area contributed by atoms with Gasteiger partial charge in [-0.2, -0.15) is 5.10 Å². The van der Waals surface area contributed by atoms with Crippen LogP contribution >= 0.6 is 23.2 Å². The van der Waals surface area contributed by atoms with Gasteiger partial charge < -0.3 is 5.73 Å². The van der Waals surface area contributed by atoms with Gasteiger partial charge in [-0.3, -0.25) is 5.43 Å². The van der Waals surface area contributed by atoms with Crippen LogP contribution < -0.4 is 11.2 Å². The number of nitrogens with one attached hydrogen (secondary N) is 1. The molecule has 0 spiro atoms. The first-order chi connectivity index (χ1) is 9.08. The molecule has 0 unspecified atom stereocenters. The minimum Gasteiger partial charge on any atom is -0.398 e. The molecule has 0 aliphatic rings. The van der Waals surface area contributed by atoms with E-state index in [-0.39, 0.29) is 0 Å². The fourth-order valence-electron chi connectivity index (χ4n) is 1.60. The molecule has 2 aromatic carbocycles. The lowest BCUT2D eigenvalue weighted by Gasteiger charge is -2.07. The van der Waals surface area contributed by atoms with Crippen molar-refractivity contribution in [2.75, 3.05) is 11.2 Å². The Kier molecular flexibility index (Phi) is 4.30. The Morgan fingerprint density at radius 3 is 2.63 bits per heavy atom. The molecule has 0 radical (unpaired) electrons. The number of anilines is 2. The van der Waals surface area contributed by atoms with Gasteiger partial charge in [-0.1, -0.05) is 35.3 Å². The molecule has 2 rings (SSSR count). The van der Waals surface area contributed by atoms with Crippen molar-refractivity contribution >= 4 is 40.3 Å². The second kappa shape index (κ2) is 5.95. The van der Waals surface area contributed by atoms with Crippen LogP contribution in [0.4, 0.5) is 11.4 Å². The number of nitrogens with zero attached hydrogens (tertiary/aromatic N) is 1. The zero-order valence-electron chi connectivity index (χ0n) is 10.3. The summed E-state index contributed by atoms with van der Waals surface area (Å²) >= 11 is 12.0. The summed E-state index contributed by atoms with van der Waals surface area (Å²) in [5, 5.41) is 5.50. The van der Waals surface area contributed by atoms with Crippen LogP contribution in [0.3, 0.4) is 0 Å². The molecule has 3 nitrogen and oxygen atoms in total. The molecule has 0 aliphatic heterocycles. The number of benzene rings is 2. The standard InChI is InChI=1S/C14H13Cl2N3/c1-9(11-8-10(15)6-7-13(11)17)18-19-14-5-3-2-4-12(14)16/h2-8,19H,17H2,1H3/b18-9+. The summed E-state index contributed by atoms with van der Waals surface area (Å²) in [5.41, 5.74) is 11.7. The Balaban J connectivity index is 2.24. The molecule has 0 heterocycles. The molecule has 5 heteroatoms. The van der Waals surface area contributed by atoms with E-state index >= 15 is 0 Å². The zero-order chi connectivity index (χ0) is 13.8. The van der Waals surface area contributed by atoms with E-state index in [4.69, 9.17) is 28.9 Å². The highest BCUT2D eigenvalue weighted by Gasteiger charge is 2.04. The van der Waals surface area contributed by atoms with E-state index in [2.05, 4.69) is 10.5 Å². The van der Waals surface area contributed by atoms with Gasteiger partial charge in [0.25, 0.3) is 0 Å². The maximum absolute atomic E-state index is 6.03. The van der Waals surface area contributed by atoms with Gasteiger partial charge in [0.1, 0.15) is 0 Å². The summed E-state index contributed by atoms with van der Waals surface area (Å²) in [5.74, 6) is 0. The van der Waals surface area contributed by atoms with Crippen molar-refractivity contribution in [3.63, 3.8) is 0 Å². The Labute approximate surface area is 122 Å². The first-order valence-electron chi connectivity index (χ1n) is 5.68. The van der Waals surface area contributed by atoms with Gasteiger partial charge in [-0.05, 0) is 37.3 Å². The molecule has 3 N–H and O–H groups in total. The summed E-state index contributed by atoms with van der Waals surface area (Å²) in [6, 6.07) is 12.7. The highest BCUT2D eigenvalue weighted by Crippen LogP contribution is 2.22. The van der Waals surface area contributed by atoms with Crippen LogP contribution in [-0.2, 0) is 0 Å². The SMILES string of the molecule is C/C(=N\Nc1ccccc1Cl)c1cc(Cl)ccc1N. The van der Waals surface area contributed by atoms with E-state index in [1.54, 1.807) is 24.3 Å². The third-order valence-corrected chi connectivity index (χ3v) is 3.19. The number of hydrogen-bond donors (Lipinski definition) is 2. The maximum atomic E-state index is 6.03. The number of hydrazone groups is 1. The third-order valence-electron chi connectivity index (χ3n) is 2.62. The van der Waals surface area contributed by atoms with Gasteiger partial charge in [0.15, 0.2) is 0 Å². The van der Waals surface area contributed by atoms with E-state index in [0.717, 1.165) is 17.0 Å². The van der Waals surface area contributed by atoms with E-state index in [1.807, 2.05) is 25.1 Å². The number of hydrogen-bond acceptors (Lipinski definition) is 3. The Hall–Kier alpha value is -1.71. The normalized spacial score (nSPS) is 11.4. The Bertz CT molecular complexity index is 624. The summed E-state index contributed by atoms with van der Waals surface area (Å²) in [6.45, 7) is 1.85. The highest BCUT2D eigenvalue weighted by atomic mass is 35.5. The molecule has 0 amide bonds. The lowest BCUT2D eigenvalue weighted by molar-refractivity contribution is 1.32. The summed E-state index contributed by atoms with van der Waals surface area (Å²) in [6.07, 6.45) is 0. The first kappa shape index (κ1) is 13.7. The quantitative estimate of drug-likeness (QED) is 0.500. The fraction of sp³-hybridized carbons (Fsp3) is 0.0714. The minimum atomic E-state index is 0.609. The van der Waals surface area contributed by atoms with E-state index in [0.29, 0.717) is 15.7 Å². The molecule has 0 aromatic heterocycles. The second-order valence-corrected chi connectivity index (χ2v) is 4.86. The molecule has 0 aliphatic carbocycles. The van der Waals surface area contributed by atoms with Crippen molar-refractivity contribution in [3.8, 4) is 0 Å². The topological polar surface area (TPSA) is 50.4 Å². The van der Waals surface area contributed by atoms with Gasteiger partial charge in [-0.15, -0.1) is 0 Å². The smallest absolute Gasteiger partial charge is 0.0748 e. The van der Waals surface area contributed by atoms with Crippen molar-refractivity contribution in [1.82, 2.24) is 0 Å². The number of para-hydroxylation sites is 1. The number of nitrogens with two attached hydrogens (primary N) is 1. The molecule has 0 bridgehead atoms. The molecular weight excluding hydrogens is 281 g/mol. The van der Waals surface area contributed by atoms with Crippen LogP contribution in [0.2, 0.25) is 10.0 Å². The maximum Gasteiger partial charge on any atom is 0.0748 e. The van der Waals surface area contributed by atoms with Crippen molar-refractivity contribution in [1.29, 1.82) is 0 Å². The highest BCUT2D eigenvalue weighted by molar-refractivity contribution is 6.33. The molecular formula is C14H13Cl2N3. The largest absolute Gasteiger partial charge is 0.398 e. The molecule has 0 saturated heterocycles. The van der Waals surface area contributed by atoms with Crippen LogP contribution in [0.25, 0.3) is 0 Å². The number of halogens is 2. The molecule has 98 valence electrons. The Morgan fingerprint density at radius 2 is 1.89 bits per heavy atom.